The molecule has 1 aliphatic carbocycles. The third kappa shape index (κ3) is 3.26. The van der Waals surface area contributed by atoms with Crippen molar-refractivity contribution in [1.82, 2.24) is 10.6 Å². The van der Waals surface area contributed by atoms with Gasteiger partial charge >= 0.3 is 0 Å². The van der Waals surface area contributed by atoms with Crippen molar-refractivity contribution in [2.75, 3.05) is 7.05 Å². The van der Waals surface area contributed by atoms with Crippen molar-refractivity contribution in [2.24, 2.45) is 23.0 Å². The van der Waals surface area contributed by atoms with Gasteiger partial charge in [0, 0.05) is 19.0 Å². The molecular weight excluding hydrogens is 242 g/mol. The van der Waals surface area contributed by atoms with Crippen LogP contribution in [0.1, 0.15) is 40.5 Å². The highest BCUT2D eigenvalue weighted by Gasteiger charge is 2.45. The maximum Gasteiger partial charge on any atom is 0.242 e. The topological polar surface area (TPSA) is 84.2 Å². The Morgan fingerprint density at radius 2 is 1.89 bits per heavy atom. The van der Waals surface area contributed by atoms with Gasteiger partial charge in [0.25, 0.3) is 0 Å². The molecule has 19 heavy (non-hydrogen) atoms. The first kappa shape index (κ1) is 16.0. The zero-order valence-corrected chi connectivity index (χ0v) is 12.6. The average molecular weight is 269 g/mol. The SMILES string of the molecule is CNC(=O)C(C)NC(=O)C1CCC(N)C(C)C1(C)C. The average Bonchev–Trinajstić information content (AvgIpc) is 2.34. The van der Waals surface area contributed by atoms with Crippen LogP contribution in [0.4, 0.5) is 0 Å². The number of hydrogen-bond donors (Lipinski definition) is 3. The fourth-order valence-electron chi connectivity index (χ4n) is 2.92. The molecule has 1 saturated carbocycles. The van der Waals surface area contributed by atoms with Crippen LogP contribution in [0.3, 0.4) is 0 Å². The molecule has 0 aromatic heterocycles. The lowest BCUT2D eigenvalue weighted by molar-refractivity contribution is -0.136. The van der Waals surface area contributed by atoms with Crippen LogP contribution >= 0.6 is 0 Å². The molecule has 2 amide bonds. The van der Waals surface area contributed by atoms with Crippen LogP contribution in [0.2, 0.25) is 0 Å². The van der Waals surface area contributed by atoms with E-state index >= 15 is 0 Å². The molecule has 5 nitrogen and oxygen atoms in total. The Morgan fingerprint density at radius 3 is 2.42 bits per heavy atom. The Labute approximate surface area is 115 Å². The van der Waals surface area contributed by atoms with Crippen LogP contribution in [-0.4, -0.2) is 30.9 Å². The second-order valence-corrected chi connectivity index (χ2v) is 6.25. The molecule has 110 valence electrons. The molecule has 0 spiro atoms. The summed E-state index contributed by atoms with van der Waals surface area (Å²) in [5, 5.41) is 5.34. The number of nitrogens with one attached hydrogen (secondary N) is 2. The van der Waals surface area contributed by atoms with Gasteiger partial charge in [0.15, 0.2) is 0 Å². The summed E-state index contributed by atoms with van der Waals surface area (Å²) >= 11 is 0. The maximum atomic E-state index is 12.4. The highest BCUT2D eigenvalue weighted by molar-refractivity contribution is 5.88. The Balaban J connectivity index is 2.74. The van der Waals surface area contributed by atoms with Crippen molar-refractivity contribution in [3.8, 4) is 0 Å². The highest BCUT2D eigenvalue weighted by atomic mass is 16.2. The monoisotopic (exact) mass is 269 g/mol. The second kappa shape index (κ2) is 5.90. The van der Waals surface area contributed by atoms with Crippen LogP contribution in [0.25, 0.3) is 0 Å². The number of rotatable bonds is 3. The van der Waals surface area contributed by atoms with E-state index in [1.54, 1.807) is 14.0 Å². The Kier molecular flexibility index (Phi) is 4.96. The summed E-state index contributed by atoms with van der Waals surface area (Å²) < 4.78 is 0. The molecular formula is C14H27N3O2. The summed E-state index contributed by atoms with van der Waals surface area (Å²) in [5.74, 6) is -0.0201. The van der Waals surface area contributed by atoms with Crippen LogP contribution in [-0.2, 0) is 9.59 Å². The third-order valence-corrected chi connectivity index (χ3v) is 4.82. The minimum absolute atomic E-state index is 0.0418. The lowest BCUT2D eigenvalue weighted by atomic mass is 9.61. The molecule has 4 unspecified atom stereocenters. The normalized spacial score (nSPS) is 31.4. The first-order chi connectivity index (χ1) is 8.71. The van der Waals surface area contributed by atoms with E-state index in [9.17, 15) is 9.59 Å². The molecule has 0 radical (unpaired) electrons. The summed E-state index contributed by atoms with van der Waals surface area (Å²) in [6.07, 6.45) is 1.64. The van der Waals surface area contributed by atoms with Gasteiger partial charge in [-0.3, -0.25) is 9.59 Å². The molecule has 4 N–H and O–H groups in total. The molecule has 1 aliphatic rings. The minimum atomic E-state index is -0.501. The van der Waals surface area contributed by atoms with Gasteiger partial charge in [-0.05, 0) is 31.1 Å². The molecule has 4 atom stereocenters. The predicted molar refractivity (Wildman–Crippen MR) is 75.3 cm³/mol. The van der Waals surface area contributed by atoms with Gasteiger partial charge in [0.05, 0.1) is 0 Å². The number of carbonyl (C=O) groups excluding carboxylic acids is 2. The third-order valence-electron chi connectivity index (χ3n) is 4.82. The number of hydrogen-bond acceptors (Lipinski definition) is 3. The van der Waals surface area contributed by atoms with E-state index in [2.05, 4.69) is 31.4 Å². The van der Waals surface area contributed by atoms with Crippen molar-refractivity contribution in [3.05, 3.63) is 0 Å². The predicted octanol–water partition coefficient (Wildman–Crippen LogP) is 0.637. The van der Waals surface area contributed by atoms with Gasteiger partial charge in [-0.1, -0.05) is 20.8 Å². The summed E-state index contributed by atoms with van der Waals surface area (Å²) in [4.78, 5) is 23.8. The van der Waals surface area contributed by atoms with Crippen LogP contribution in [0.15, 0.2) is 0 Å². The smallest absolute Gasteiger partial charge is 0.242 e. The van der Waals surface area contributed by atoms with E-state index in [4.69, 9.17) is 5.73 Å². The van der Waals surface area contributed by atoms with Crippen molar-refractivity contribution >= 4 is 11.8 Å². The van der Waals surface area contributed by atoms with Crippen LogP contribution in [0, 0.1) is 17.3 Å². The summed E-state index contributed by atoms with van der Waals surface area (Å²) in [5.41, 5.74) is 5.94. The standard InChI is InChI=1S/C14H27N3O2/c1-8-11(15)7-6-10(14(8,3)4)13(19)17-9(2)12(18)16-5/h8-11H,6-7,15H2,1-5H3,(H,16,18)(H,17,19). The lowest BCUT2D eigenvalue weighted by Gasteiger charge is -2.46. The van der Waals surface area contributed by atoms with Gasteiger partial charge in [-0.15, -0.1) is 0 Å². The molecule has 0 bridgehead atoms. The largest absolute Gasteiger partial charge is 0.357 e. The van der Waals surface area contributed by atoms with E-state index in [0.717, 1.165) is 12.8 Å². The van der Waals surface area contributed by atoms with E-state index in [0.29, 0.717) is 0 Å². The Morgan fingerprint density at radius 1 is 1.32 bits per heavy atom. The lowest BCUT2D eigenvalue weighted by Crippen LogP contribution is -2.54. The molecule has 0 saturated heterocycles. The van der Waals surface area contributed by atoms with Crippen molar-refractivity contribution in [2.45, 2.75) is 52.6 Å². The molecule has 1 fully saturated rings. The van der Waals surface area contributed by atoms with Crippen molar-refractivity contribution in [1.29, 1.82) is 0 Å². The number of likely N-dealkylation sites (N-methyl/N-ethyl adjacent to an activating group) is 1. The molecule has 0 aromatic rings. The van der Waals surface area contributed by atoms with Gasteiger partial charge in [0.2, 0.25) is 11.8 Å². The number of nitrogens with two attached hydrogens (primary N) is 1. The zero-order valence-electron chi connectivity index (χ0n) is 12.6. The Hall–Kier alpha value is -1.10. The maximum absolute atomic E-state index is 12.4. The van der Waals surface area contributed by atoms with E-state index in [-0.39, 0.29) is 35.1 Å². The molecule has 1 rings (SSSR count). The summed E-state index contributed by atoms with van der Waals surface area (Å²) in [7, 11) is 1.57. The van der Waals surface area contributed by atoms with E-state index in [1.807, 2.05) is 0 Å². The zero-order chi connectivity index (χ0) is 14.8. The van der Waals surface area contributed by atoms with E-state index < -0.39 is 6.04 Å². The van der Waals surface area contributed by atoms with Crippen LogP contribution in [0.5, 0.6) is 0 Å². The number of carbonyl (C=O) groups is 2. The first-order valence-electron chi connectivity index (χ1n) is 6.99. The van der Waals surface area contributed by atoms with Gasteiger partial charge in [-0.2, -0.15) is 0 Å². The Bertz CT molecular complexity index is 355. The van der Waals surface area contributed by atoms with Gasteiger partial charge < -0.3 is 16.4 Å². The van der Waals surface area contributed by atoms with Crippen LogP contribution < -0.4 is 16.4 Å². The molecule has 0 aliphatic heterocycles. The molecule has 5 heteroatoms. The molecule has 0 aromatic carbocycles. The van der Waals surface area contributed by atoms with Gasteiger partial charge in [-0.25, -0.2) is 0 Å². The summed E-state index contributed by atoms with van der Waals surface area (Å²) in [6, 6.07) is -0.352. The van der Waals surface area contributed by atoms with Crippen molar-refractivity contribution < 1.29 is 9.59 Å². The molecule has 0 heterocycles. The fourth-order valence-corrected chi connectivity index (χ4v) is 2.92. The second-order valence-electron chi connectivity index (χ2n) is 6.25. The fraction of sp³-hybridized carbons (Fsp3) is 0.857. The van der Waals surface area contributed by atoms with Crippen molar-refractivity contribution in [3.63, 3.8) is 0 Å². The quantitative estimate of drug-likeness (QED) is 0.703. The minimum Gasteiger partial charge on any atom is -0.357 e. The summed E-state index contributed by atoms with van der Waals surface area (Å²) in [6.45, 7) is 7.98. The highest BCUT2D eigenvalue weighted by Crippen LogP contribution is 2.44. The number of amides is 2. The first-order valence-corrected chi connectivity index (χ1v) is 6.99. The van der Waals surface area contributed by atoms with Gasteiger partial charge in [0.1, 0.15) is 6.04 Å². The van der Waals surface area contributed by atoms with E-state index in [1.165, 1.54) is 0 Å².